The molecule has 3 heterocycles. The molecule has 1 amide bonds. The lowest BCUT2D eigenvalue weighted by Crippen LogP contribution is -2.44. The molecule has 4 aromatic rings. The van der Waals surface area contributed by atoms with Crippen molar-refractivity contribution in [1.29, 1.82) is 5.26 Å². The van der Waals surface area contributed by atoms with Crippen LogP contribution in [0.1, 0.15) is 48.5 Å². The van der Waals surface area contributed by atoms with Gasteiger partial charge in [-0.25, -0.2) is 14.4 Å². The van der Waals surface area contributed by atoms with Crippen LogP contribution in [0.4, 0.5) is 10.2 Å². The van der Waals surface area contributed by atoms with Gasteiger partial charge in [0.1, 0.15) is 46.8 Å². The van der Waals surface area contributed by atoms with E-state index in [4.69, 9.17) is 4.74 Å². The van der Waals surface area contributed by atoms with Gasteiger partial charge in [0.25, 0.3) is 5.91 Å². The number of amides is 1. The first-order chi connectivity index (χ1) is 20.0. The predicted molar refractivity (Wildman–Crippen MR) is 152 cm³/mol. The fourth-order valence-corrected chi connectivity index (χ4v) is 5.05. The van der Waals surface area contributed by atoms with Crippen LogP contribution in [0.25, 0.3) is 11.0 Å². The molecule has 0 spiro atoms. The van der Waals surface area contributed by atoms with E-state index >= 15 is 4.39 Å². The molecule has 41 heavy (non-hydrogen) atoms. The lowest BCUT2D eigenvalue weighted by molar-refractivity contribution is -0.128. The summed E-state index contributed by atoms with van der Waals surface area (Å²) in [4.78, 5) is 39.9. The Morgan fingerprint density at radius 2 is 1.98 bits per heavy atom. The van der Waals surface area contributed by atoms with Crippen LogP contribution >= 0.6 is 0 Å². The zero-order valence-corrected chi connectivity index (χ0v) is 22.6. The highest BCUT2D eigenvalue weighted by atomic mass is 19.1. The molecular weight excluding hydrogens is 523 g/mol. The number of H-pyrrole nitrogens is 1. The molecule has 5 rings (SSSR count). The van der Waals surface area contributed by atoms with E-state index in [0.717, 1.165) is 25.7 Å². The average molecular weight is 553 g/mol. The topological polar surface area (TPSA) is 124 Å². The number of ketones is 1. The van der Waals surface area contributed by atoms with Crippen LogP contribution in [0.2, 0.25) is 0 Å². The number of benzene rings is 2. The third kappa shape index (κ3) is 5.94. The summed E-state index contributed by atoms with van der Waals surface area (Å²) < 4.78 is 20.8. The Morgan fingerprint density at radius 3 is 2.73 bits per heavy atom. The Kier molecular flexibility index (Phi) is 8.34. The first kappa shape index (κ1) is 27.5. The van der Waals surface area contributed by atoms with Crippen molar-refractivity contribution in [3.8, 4) is 17.6 Å². The number of halogens is 1. The molecule has 1 fully saturated rings. The van der Waals surface area contributed by atoms with Gasteiger partial charge in [-0.05, 0) is 44.0 Å². The van der Waals surface area contributed by atoms with Crippen LogP contribution in [0.15, 0.2) is 72.7 Å². The number of rotatable bonds is 8. The third-order valence-corrected chi connectivity index (χ3v) is 7.16. The first-order valence-corrected chi connectivity index (χ1v) is 13.5. The number of ether oxygens (including phenoxy) is 1. The summed E-state index contributed by atoms with van der Waals surface area (Å²) in [6.07, 6.45) is 7.96. The van der Waals surface area contributed by atoms with Gasteiger partial charge < -0.3 is 19.9 Å². The van der Waals surface area contributed by atoms with Crippen LogP contribution in [-0.4, -0.2) is 50.7 Å². The molecule has 0 aliphatic carbocycles. The number of hydrogen-bond donors (Lipinski definition) is 2. The Morgan fingerprint density at radius 1 is 1.15 bits per heavy atom. The van der Waals surface area contributed by atoms with Crippen LogP contribution in [0.3, 0.4) is 0 Å². The number of allylic oxidation sites excluding steroid dienone is 1. The van der Waals surface area contributed by atoms with Crippen molar-refractivity contribution in [2.45, 2.75) is 38.6 Å². The van der Waals surface area contributed by atoms with E-state index in [1.165, 1.54) is 30.7 Å². The molecule has 1 saturated heterocycles. The maximum atomic E-state index is 15.1. The standard InChI is InChI=1S/C31H29FN6O3/c1-2-20(16-33)31(40)38-14-8-4-5-9-21(38)17-34-29-27-25(18-35-30(27)37-19-36-29)28(39)24-13-12-23(15-26(24)32)41-22-10-6-3-7-11-22/h2-3,6-7,10-13,15,18-19,21H,4-5,8-9,14,17H2,1H3,(H2,34,35,36,37)/b20-2+. The summed E-state index contributed by atoms with van der Waals surface area (Å²) >= 11 is 0. The molecule has 1 unspecified atom stereocenters. The van der Waals surface area contributed by atoms with Crippen LogP contribution in [-0.2, 0) is 4.79 Å². The number of carbonyl (C=O) groups is 2. The number of carbonyl (C=O) groups excluding carboxylic acids is 2. The maximum Gasteiger partial charge on any atom is 0.264 e. The second kappa shape index (κ2) is 12.4. The highest BCUT2D eigenvalue weighted by molar-refractivity contribution is 6.18. The average Bonchev–Trinajstić information content (AvgIpc) is 3.29. The number of para-hydroxylation sites is 1. The molecule has 2 aromatic carbocycles. The van der Waals surface area contributed by atoms with Crippen molar-refractivity contribution in [2.75, 3.05) is 18.4 Å². The maximum absolute atomic E-state index is 15.1. The quantitative estimate of drug-likeness (QED) is 0.161. The Balaban J connectivity index is 1.39. The minimum absolute atomic E-state index is 0.113. The molecule has 0 bridgehead atoms. The minimum atomic E-state index is -0.714. The smallest absolute Gasteiger partial charge is 0.264 e. The molecule has 1 atom stereocenters. The molecule has 208 valence electrons. The van der Waals surface area contributed by atoms with E-state index in [1.807, 2.05) is 24.3 Å². The summed E-state index contributed by atoms with van der Waals surface area (Å²) in [6, 6.07) is 14.9. The van der Waals surface area contributed by atoms with Gasteiger partial charge in [-0.2, -0.15) is 5.26 Å². The van der Waals surface area contributed by atoms with Gasteiger partial charge >= 0.3 is 0 Å². The molecule has 9 nitrogen and oxygen atoms in total. The molecular formula is C31H29FN6O3. The van der Waals surface area contributed by atoms with Gasteiger partial charge in [0.15, 0.2) is 5.78 Å². The lowest BCUT2D eigenvalue weighted by atomic mass is 10.0. The molecule has 2 N–H and O–H groups in total. The zero-order valence-electron chi connectivity index (χ0n) is 22.6. The Hall–Kier alpha value is -5.04. The van der Waals surface area contributed by atoms with Crippen molar-refractivity contribution in [3.63, 3.8) is 0 Å². The van der Waals surface area contributed by atoms with Crippen molar-refractivity contribution in [3.05, 3.63) is 89.6 Å². The largest absolute Gasteiger partial charge is 0.457 e. The normalized spacial score (nSPS) is 15.7. The summed E-state index contributed by atoms with van der Waals surface area (Å²) in [6.45, 7) is 2.59. The third-order valence-electron chi connectivity index (χ3n) is 7.16. The van der Waals surface area contributed by atoms with E-state index in [1.54, 1.807) is 30.0 Å². The van der Waals surface area contributed by atoms with Crippen LogP contribution < -0.4 is 10.1 Å². The molecule has 0 radical (unpaired) electrons. The zero-order chi connectivity index (χ0) is 28.8. The van der Waals surface area contributed by atoms with Crippen molar-refractivity contribution in [1.82, 2.24) is 19.9 Å². The van der Waals surface area contributed by atoms with Crippen molar-refractivity contribution < 1.29 is 18.7 Å². The van der Waals surface area contributed by atoms with Gasteiger partial charge in [-0.3, -0.25) is 9.59 Å². The van der Waals surface area contributed by atoms with E-state index in [9.17, 15) is 14.9 Å². The van der Waals surface area contributed by atoms with Crippen molar-refractivity contribution >= 4 is 28.5 Å². The van der Waals surface area contributed by atoms with E-state index in [0.29, 0.717) is 35.7 Å². The van der Waals surface area contributed by atoms with Gasteiger partial charge in [-0.1, -0.05) is 37.1 Å². The van der Waals surface area contributed by atoms with Gasteiger partial charge in [0.05, 0.1) is 16.5 Å². The molecule has 0 saturated carbocycles. The summed E-state index contributed by atoms with van der Waals surface area (Å²) in [7, 11) is 0. The van der Waals surface area contributed by atoms with Gasteiger partial charge in [-0.15, -0.1) is 0 Å². The first-order valence-electron chi connectivity index (χ1n) is 13.5. The minimum Gasteiger partial charge on any atom is -0.457 e. The van der Waals surface area contributed by atoms with Crippen molar-refractivity contribution in [2.24, 2.45) is 0 Å². The summed E-state index contributed by atoms with van der Waals surface area (Å²) in [5, 5.41) is 13.1. The molecule has 10 heteroatoms. The fraction of sp³-hybridized carbons (Fsp3) is 0.258. The number of nitrogens with zero attached hydrogens (tertiary/aromatic N) is 4. The number of likely N-dealkylation sites (tertiary alicyclic amines) is 1. The monoisotopic (exact) mass is 552 g/mol. The Bertz CT molecular complexity index is 1640. The number of anilines is 1. The van der Waals surface area contributed by atoms with Gasteiger partial charge in [0, 0.05) is 31.4 Å². The number of aromatic nitrogens is 3. The van der Waals surface area contributed by atoms with Crippen LogP contribution in [0, 0.1) is 17.1 Å². The van der Waals surface area contributed by atoms with E-state index in [2.05, 4.69) is 20.3 Å². The molecule has 1 aliphatic rings. The van der Waals surface area contributed by atoms with E-state index < -0.39 is 11.6 Å². The number of aromatic amines is 1. The summed E-state index contributed by atoms with van der Waals surface area (Å²) in [5.74, 6) is -0.310. The number of nitrogens with one attached hydrogen (secondary N) is 2. The SMILES string of the molecule is C/C=C(\C#N)C(=O)N1CCCCCC1CNc1ncnc2[nH]cc(C(=O)c3ccc(Oc4ccccc4)cc3F)c12. The Labute approximate surface area is 236 Å². The number of hydrogen-bond acceptors (Lipinski definition) is 7. The summed E-state index contributed by atoms with van der Waals surface area (Å²) in [5.41, 5.74) is 0.636. The number of fused-ring (bicyclic) bond motifs is 1. The predicted octanol–water partition coefficient (Wildman–Crippen LogP) is 5.77. The lowest BCUT2D eigenvalue weighted by Gasteiger charge is -2.30. The number of nitriles is 1. The second-order valence-electron chi connectivity index (χ2n) is 9.73. The van der Waals surface area contributed by atoms with E-state index in [-0.39, 0.29) is 34.4 Å². The highest BCUT2D eigenvalue weighted by Crippen LogP contribution is 2.29. The van der Waals surface area contributed by atoms with Gasteiger partial charge in [0.2, 0.25) is 0 Å². The van der Waals surface area contributed by atoms with Crippen LogP contribution in [0.5, 0.6) is 11.5 Å². The fourth-order valence-electron chi connectivity index (χ4n) is 5.05. The second-order valence-corrected chi connectivity index (χ2v) is 9.73. The molecule has 1 aliphatic heterocycles. The highest BCUT2D eigenvalue weighted by Gasteiger charge is 2.28. The molecule has 2 aromatic heterocycles.